The van der Waals surface area contributed by atoms with Gasteiger partial charge in [-0.25, -0.2) is 0 Å². The van der Waals surface area contributed by atoms with Crippen LogP contribution >= 0.6 is 24.2 Å². The molecule has 0 radical (unpaired) electrons. The van der Waals surface area contributed by atoms with E-state index in [9.17, 15) is 4.79 Å². The van der Waals surface area contributed by atoms with Crippen molar-refractivity contribution < 1.29 is 9.53 Å². The van der Waals surface area contributed by atoms with Crippen LogP contribution in [0.4, 0.5) is 0 Å². The highest BCUT2D eigenvalue weighted by Gasteiger charge is 2.25. The largest absolute Gasteiger partial charge is 0.497 e. The lowest BCUT2D eigenvalue weighted by Crippen LogP contribution is -2.48. The van der Waals surface area contributed by atoms with Gasteiger partial charge in [-0.15, -0.1) is 24.2 Å². The summed E-state index contributed by atoms with van der Waals surface area (Å²) in [6, 6.07) is 7.92. The number of methoxy groups -OCH3 is 1. The molecule has 1 amide bonds. The molecule has 1 aromatic rings. The number of hydrogen-bond donors (Lipinski definition) is 1. The Morgan fingerprint density at radius 3 is 2.67 bits per heavy atom. The minimum absolute atomic E-state index is 0. The Balaban J connectivity index is 0.00000220. The van der Waals surface area contributed by atoms with Gasteiger partial charge in [-0.3, -0.25) is 4.79 Å². The summed E-state index contributed by atoms with van der Waals surface area (Å²) in [7, 11) is 1.65. The van der Waals surface area contributed by atoms with Crippen LogP contribution in [0, 0.1) is 0 Å². The maximum Gasteiger partial charge on any atom is 0.235 e. The van der Waals surface area contributed by atoms with Gasteiger partial charge < -0.3 is 15.4 Å². The third-order valence-electron chi connectivity index (χ3n) is 3.49. The molecule has 0 aromatic heterocycles. The number of piperidine rings is 1. The molecular formula is C15H23ClN2O2S. The first-order valence-electron chi connectivity index (χ1n) is 6.95. The zero-order chi connectivity index (χ0) is 14.5. The number of carbonyl (C=O) groups is 1. The molecule has 1 aliphatic rings. The Labute approximate surface area is 136 Å². The Morgan fingerprint density at radius 1 is 1.43 bits per heavy atom. The summed E-state index contributed by atoms with van der Waals surface area (Å²) in [5.41, 5.74) is 5.93. The summed E-state index contributed by atoms with van der Waals surface area (Å²) >= 11 is 1.58. The first kappa shape index (κ1) is 18.1. The van der Waals surface area contributed by atoms with Crippen molar-refractivity contribution in [3.8, 4) is 5.75 Å². The summed E-state index contributed by atoms with van der Waals surface area (Å²) in [5, 5.41) is -0.0892. The van der Waals surface area contributed by atoms with Crippen molar-refractivity contribution >= 4 is 30.1 Å². The van der Waals surface area contributed by atoms with Gasteiger partial charge in [0.15, 0.2) is 0 Å². The molecule has 1 saturated heterocycles. The van der Waals surface area contributed by atoms with Crippen molar-refractivity contribution in [1.82, 2.24) is 4.90 Å². The summed E-state index contributed by atoms with van der Waals surface area (Å²) in [6.45, 7) is 3.48. The van der Waals surface area contributed by atoms with E-state index in [0.717, 1.165) is 30.0 Å². The zero-order valence-electron chi connectivity index (χ0n) is 12.5. The molecule has 0 spiro atoms. The third-order valence-corrected chi connectivity index (χ3v) is 4.59. The molecule has 2 atom stereocenters. The smallest absolute Gasteiger partial charge is 0.235 e. The van der Waals surface area contributed by atoms with Gasteiger partial charge in [0.25, 0.3) is 0 Å². The SMILES string of the molecule is COc1ccc(SC(C)C(=O)N2CCCC(N)C2)cc1.Cl. The Kier molecular flexibility index (Phi) is 7.35. The van der Waals surface area contributed by atoms with Gasteiger partial charge in [0, 0.05) is 24.0 Å². The van der Waals surface area contributed by atoms with Crippen LogP contribution in [-0.2, 0) is 4.79 Å². The van der Waals surface area contributed by atoms with Crippen LogP contribution in [0.2, 0.25) is 0 Å². The normalized spacial score (nSPS) is 19.6. The van der Waals surface area contributed by atoms with Gasteiger partial charge in [0.05, 0.1) is 12.4 Å². The number of benzene rings is 1. The first-order valence-corrected chi connectivity index (χ1v) is 7.83. The van der Waals surface area contributed by atoms with Gasteiger partial charge in [0.1, 0.15) is 5.75 Å². The van der Waals surface area contributed by atoms with Gasteiger partial charge in [-0.2, -0.15) is 0 Å². The summed E-state index contributed by atoms with van der Waals surface area (Å²) < 4.78 is 5.13. The van der Waals surface area contributed by atoms with Crippen molar-refractivity contribution in [3.63, 3.8) is 0 Å². The van der Waals surface area contributed by atoms with Crippen molar-refractivity contribution in [3.05, 3.63) is 24.3 Å². The van der Waals surface area contributed by atoms with Crippen LogP contribution in [0.5, 0.6) is 5.75 Å². The highest BCUT2D eigenvalue weighted by Crippen LogP contribution is 2.27. The summed E-state index contributed by atoms with van der Waals surface area (Å²) in [4.78, 5) is 15.4. The molecule has 21 heavy (non-hydrogen) atoms. The number of thioether (sulfide) groups is 1. The minimum atomic E-state index is -0.0892. The van der Waals surface area contributed by atoms with E-state index >= 15 is 0 Å². The topological polar surface area (TPSA) is 55.6 Å². The number of likely N-dealkylation sites (tertiary alicyclic amines) is 1. The average Bonchev–Trinajstić information content (AvgIpc) is 2.47. The second-order valence-corrected chi connectivity index (χ2v) is 6.54. The molecule has 0 saturated carbocycles. The molecule has 6 heteroatoms. The van der Waals surface area contributed by atoms with E-state index in [1.54, 1.807) is 18.9 Å². The van der Waals surface area contributed by atoms with Crippen molar-refractivity contribution in [1.29, 1.82) is 0 Å². The molecule has 0 bridgehead atoms. The number of nitrogens with zero attached hydrogens (tertiary/aromatic N) is 1. The quantitative estimate of drug-likeness (QED) is 0.862. The number of carbonyl (C=O) groups excluding carboxylic acids is 1. The fourth-order valence-corrected chi connectivity index (χ4v) is 3.33. The Bertz CT molecular complexity index is 455. The first-order chi connectivity index (χ1) is 9.60. The molecule has 2 N–H and O–H groups in total. The minimum Gasteiger partial charge on any atom is -0.497 e. The molecular weight excluding hydrogens is 308 g/mol. The highest BCUT2D eigenvalue weighted by molar-refractivity contribution is 8.00. The van der Waals surface area contributed by atoms with Crippen molar-refractivity contribution in [2.75, 3.05) is 20.2 Å². The standard InChI is InChI=1S/C15H22N2O2S.ClH/c1-11(15(18)17-9-3-4-12(16)10-17)20-14-7-5-13(19-2)6-8-14;/h5-8,11-12H,3-4,9-10,16H2,1-2H3;1H. The molecule has 2 rings (SSSR count). The fraction of sp³-hybridized carbons (Fsp3) is 0.533. The van der Waals surface area contributed by atoms with E-state index in [-0.39, 0.29) is 29.6 Å². The molecule has 1 fully saturated rings. The van der Waals surface area contributed by atoms with Crippen LogP contribution in [0.1, 0.15) is 19.8 Å². The monoisotopic (exact) mass is 330 g/mol. The number of hydrogen-bond acceptors (Lipinski definition) is 4. The second-order valence-electron chi connectivity index (χ2n) is 5.12. The Hall–Kier alpha value is -0.910. The molecule has 1 aromatic carbocycles. The van der Waals surface area contributed by atoms with E-state index in [0.29, 0.717) is 6.54 Å². The van der Waals surface area contributed by atoms with E-state index in [2.05, 4.69) is 0 Å². The van der Waals surface area contributed by atoms with E-state index in [4.69, 9.17) is 10.5 Å². The Morgan fingerprint density at radius 2 is 2.10 bits per heavy atom. The average molecular weight is 331 g/mol. The molecule has 4 nitrogen and oxygen atoms in total. The third kappa shape index (κ3) is 5.09. The van der Waals surface area contributed by atoms with Gasteiger partial charge in [-0.05, 0) is 44.0 Å². The lowest BCUT2D eigenvalue weighted by Gasteiger charge is -2.32. The lowest BCUT2D eigenvalue weighted by atomic mass is 10.1. The summed E-state index contributed by atoms with van der Waals surface area (Å²) in [6.07, 6.45) is 2.02. The van der Waals surface area contributed by atoms with Crippen molar-refractivity contribution in [2.45, 2.75) is 36.0 Å². The maximum absolute atomic E-state index is 12.4. The molecule has 118 valence electrons. The number of halogens is 1. The number of amides is 1. The number of ether oxygens (including phenoxy) is 1. The fourth-order valence-electron chi connectivity index (χ4n) is 2.38. The van der Waals surface area contributed by atoms with Crippen LogP contribution in [0.25, 0.3) is 0 Å². The van der Waals surface area contributed by atoms with Gasteiger partial charge in [0.2, 0.25) is 5.91 Å². The molecule has 2 unspecified atom stereocenters. The molecule has 0 aliphatic carbocycles. The predicted octanol–water partition coefficient (Wildman–Crippen LogP) is 2.55. The summed E-state index contributed by atoms with van der Waals surface area (Å²) in [5.74, 6) is 1.01. The maximum atomic E-state index is 12.4. The van der Waals surface area contributed by atoms with E-state index < -0.39 is 0 Å². The highest BCUT2D eigenvalue weighted by atomic mass is 35.5. The van der Waals surface area contributed by atoms with Crippen LogP contribution in [0.15, 0.2) is 29.2 Å². The van der Waals surface area contributed by atoms with E-state index in [1.807, 2.05) is 36.1 Å². The van der Waals surface area contributed by atoms with Crippen LogP contribution in [0.3, 0.4) is 0 Å². The predicted molar refractivity (Wildman–Crippen MR) is 89.4 cm³/mol. The van der Waals surface area contributed by atoms with Crippen molar-refractivity contribution in [2.24, 2.45) is 5.73 Å². The van der Waals surface area contributed by atoms with E-state index in [1.165, 1.54) is 0 Å². The zero-order valence-corrected chi connectivity index (χ0v) is 14.1. The van der Waals surface area contributed by atoms with Gasteiger partial charge in [-0.1, -0.05) is 0 Å². The second kappa shape index (κ2) is 8.51. The van der Waals surface area contributed by atoms with Crippen LogP contribution < -0.4 is 10.5 Å². The van der Waals surface area contributed by atoms with Crippen LogP contribution in [-0.4, -0.2) is 42.3 Å². The number of rotatable bonds is 4. The molecule has 1 heterocycles. The molecule has 1 aliphatic heterocycles. The van der Waals surface area contributed by atoms with Gasteiger partial charge >= 0.3 is 0 Å². The number of nitrogens with two attached hydrogens (primary N) is 1. The lowest BCUT2D eigenvalue weighted by molar-refractivity contribution is -0.131.